The standard InChI is InChI=1S/C10H11F2O.BrH.Mg/c1-2-3-6-13-10-5-4-8(11)7-9(10)12;;/h4,7H,2-3,6H2,1H3;1H;/q-1;;+2/p-1. The van der Waals surface area contributed by atoms with Crippen LogP contribution in [0.15, 0.2) is 12.1 Å². The summed E-state index contributed by atoms with van der Waals surface area (Å²) in [5.74, 6) is -1.34. The van der Waals surface area contributed by atoms with Gasteiger partial charge in [-0.05, 0) is 6.42 Å². The molecule has 0 heterocycles. The van der Waals surface area contributed by atoms with Crippen molar-refractivity contribution < 1.29 is 30.5 Å². The van der Waals surface area contributed by atoms with Crippen molar-refractivity contribution in [3.05, 3.63) is 29.8 Å². The number of hydrogen-bond acceptors (Lipinski definition) is 1. The molecule has 1 rings (SSSR count). The fourth-order valence-corrected chi connectivity index (χ4v) is 0.861. The first-order valence-electron chi connectivity index (χ1n) is 4.23. The van der Waals surface area contributed by atoms with E-state index in [1.54, 1.807) is 0 Å². The average Bonchev–Trinajstić information content (AvgIpc) is 2.09. The summed E-state index contributed by atoms with van der Waals surface area (Å²) in [6.07, 6.45) is 1.83. The van der Waals surface area contributed by atoms with Gasteiger partial charge in [-0.1, -0.05) is 19.4 Å². The van der Waals surface area contributed by atoms with Crippen LogP contribution in [-0.2, 0) is 0 Å². The minimum Gasteiger partial charge on any atom is -1.00 e. The zero-order valence-electron chi connectivity index (χ0n) is 8.53. The number of halogens is 3. The van der Waals surface area contributed by atoms with Crippen molar-refractivity contribution in [3.63, 3.8) is 0 Å². The van der Waals surface area contributed by atoms with Crippen molar-refractivity contribution in [2.75, 3.05) is 6.61 Å². The topological polar surface area (TPSA) is 9.23 Å². The van der Waals surface area contributed by atoms with E-state index < -0.39 is 11.6 Å². The molecule has 0 bridgehead atoms. The molecule has 0 radical (unpaired) electrons. The van der Waals surface area contributed by atoms with Gasteiger partial charge in [0.2, 0.25) is 0 Å². The van der Waals surface area contributed by atoms with Gasteiger partial charge in [-0.15, -0.1) is 12.1 Å². The Hall–Kier alpha value is 0.126. The Morgan fingerprint density at radius 1 is 1.40 bits per heavy atom. The van der Waals surface area contributed by atoms with Gasteiger partial charge in [0, 0.05) is 11.6 Å². The van der Waals surface area contributed by atoms with E-state index in [1.165, 1.54) is 0 Å². The Morgan fingerprint density at radius 2 is 2.07 bits per heavy atom. The van der Waals surface area contributed by atoms with Crippen LogP contribution in [-0.4, -0.2) is 29.7 Å². The van der Waals surface area contributed by atoms with E-state index in [9.17, 15) is 8.78 Å². The summed E-state index contributed by atoms with van der Waals surface area (Å²) in [5, 5.41) is 0. The molecule has 5 heteroatoms. The largest absolute Gasteiger partial charge is 2.00 e. The third-order valence-electron chi connectivity index (χ3n) is 1.57. The number of hydrogen-bond donors (Lipinski definition) is 0. The molecular formula is C10H11BrF2MgO. The van der Waals surface area contributed by atoms with Crippen molar-refractivity contribution >= 4 is 23.1 Å². The van der Waals surface area contributed by atoms with Crippen molar-refractivity contribution in [2.24, 2.45) is 0 Å². The summed E-state index contributed by atoms with van der Waals surface area (Å²) in [6, 6.07) is 4.24. The van der Waals surface area contributed by atoms with Crippen LogP contribution in [0.25, 0.3) is 0 Å². The molecule has 0 aliphatic carbocycles. The van der Waals surface area contributed by atoms with Crippen molar-refractivity contribution in [3.8, 4) is 5.75 Å². The van der Waals surface area contributed by atoms with E-state index in [2.05, 4.69) is 6.07 Å². The van der Waals surface area contributed by atoms with Gasteiger partial charge in [0.15, 0.2) is 0 Å². The smallest absolute Gasteiger partial charge is 1.00 e. The Balaban J connectivity index is 0. The van der Waals surface area contributed by atoms with Crippen molar-refractivity contribution in [2.45, 2.75) is 19.8 Å². The molecule has 0 saturated heterocycles. The van der Waals surface area contributed by atoms with Gasteiger partial charge in [-0.2, -0.15) is 0 Å². The monoisotopic (exact) mass is 288 g/mol. The third-order valence-corrected chi connectivity index (χ3v) is 1.57. The second-order valence-electron chi connectivity index (χ2n) is 2.70. The molecule has 0 aromatic heterocycles. The summed E-state index contributed by atoms with van der Waals surface area (Å²) in [6.45, 7) is 2.45. The van der Waals surface area contributed by atoms with Crippen LogP contribution in [0, 0.1) is 17.7 Å². The van der Waals surface area contributed by atoms with Crippen LogP contribution in [0.5, 0.6) is 5.75 Å². The second-order valence-corrected chi connectivity index (χ2v) is 2.70. The van der Waals surface area contributed by atoms with Gasteiger partial charge in [-0.25, -0.2) is 0 Å². The molecule has 0 unspecified atom stereocenters. The Kier molecular flexibility index (Phi) is 10.9. The SMILES string of the molecule is CCCCOc1[c-]cc(F)cc1F.[Br-].[Mg+2]. The van der Waals surface area contributed by atoms with E-state index in [1.807, 2.05) is 6.92 Å². The van der Waals surface area contributed by atoms with Crippen LogP contribution in [0.4, 0.5) is 8.78 Å². The fraction of sp³-hybridized carbons (Fsp3) is 0.400. The van der Waals surface area contributed by atoms with E-state index in [-0.39, 0.29) is 45.8 Å². The first-order valence-corrected chi connectivity index (χ1v) is 4.23. The predicted molar refractivity (Wildman–Crippen MR) is 51.4 cm³/mol. The van der Waals surface area contributed by atoms with Gasteiger partial charge in [0.25, 0.3) is 0 Å². The second kappa shape index (κ2) is 9.36. The summed E-state index contributed by atoms with van der Waals surface area (Å²) >= 11 is 0. The summed E-state index contributed by atoms with van der Waals surface area (Å²) in [5.41, 5.74) is 0. The Labute approximate surface area is 115 Å². The first-order chi connectivity index (χ1) is 6.24. The molecule has 0 aliphatic heterocycles. The maximum absolute atomic E-state index is 12.9. The molecule has 1 nitrogen and oxygen atoms in total. The molecule has 1 aromatic rings. The van der Waals surface area contributed by atoms with Crippen LogP contribution < -0.4 is 21.7 Å². The predicted octanol–water partition coefficient (Wildman–Crippen LogP) is -0.433. The zero-order chi connectivity index (χ0) is 9.68. The van der Waals surface area contributed by atoms with Crippen LogP contribution in [0.2, 0.25) is 0 Å². The normalized spacial score (nSPS) is 8.73. The summed E-state index contributed by atoms with van der Waals surface area (Å²) in [7, 11) is 0. The number of ether oxygens (including phenoxy) is 1. The van der Waals surface area contributed by atoms with Gasteiger partial charge in [-0.3, -0.25) is 8.78 Å². The average molecular weight is 289 g/mol. The first kappa shape index (κ1) is 17.5. The molecule has 15 heavy (non-hydrogen) atoms. The van der Waals surface area contributed by atoms with Crippen molar-refractivity contribution in [1.29, 1.82) is 0 Å². The molecule has 0 atom stereocenters. The van der Waals surface area contributed by atoms with Gasteiger partial charge in [0.05, 0.1) is 12.4 Å². The zero-order valence-corrected chi connectivity index (χ0v) is 11.5. The number of unbranched alkanes of at least 4 members (excludes halogenated alkanes) is 1. The molecule has 0 saturated carbocycles. The maximum Gasteiger partial charge on any atom is 2.00 e. The molecule has 1 aromatic carbocycles. The third kappa shape index (κ3) is 6.32. The molecule has 0 N–H and O–H groups in total. The Bertz CT molecular complexity index is 284. The van der Waals surface area contributed by atoms with Crippen LogP contribution in [0.1, 0.15) is 19.8 Å². The molecule has 80 valence electrons. The van der Waals surface area contributed by atoms with Gasteiger partial charge in [0.1, 0.15) is 0 Å². The minimum absolute atomic E-state index is 0. The number of rotatable bonds is 4. The fourth-order valence-electron chi connectivity index (χ4n) is 0.861. The Morgan fingerprint density at radius 3 is 2.60 bits per heavy atom. The van der Waals surface area contributed by atoms with E-state index >= 15 is 0 Å². The minimum atomic E-state index is -0.698. The van der Waals surface area contributed by atoms with E-state index in [4.69, 9.17) is 4.74 Å². The van der Waals surface area contributed by atoms with Crippen LogP contribution in [0.3, 0.4) is 0 Å². The van der Waals surface area contributed by atoms with Gasteiger partial charge >= 0.3 is 23.1 Å². The van der Waals surface area contributed by atoms with Crippen molar-refractivity contribution in [1.82, 2.24) is 0 Å². The van der Waals surface area contributed by atoms with E-state index in [0.29, 0.717) is 6.61 Å². The maximum atomic E-state index is 12.9. The molecule has 0 fully saturated rings. The molecule has 0 amide bonds. The van der Waals surface area contributed by atoms with E-state index in [0.717, 1.165) is 25.0 Å². The molecular weight excluding hydrogens is 278 g/mol. The summed E-state index contributed by atoms with van der Waals surface area (Å²) < 4.78 is 30.3. The molecule has 0 spiro atoms. The number of benzene rings is 1. The van der Waals surface area contributed by atoms with Gasteiger partial charge < -0.3 is 21.7 Å². The molecule has 0 aliphatic rings. The summed E-state index contributed by atoms with van der Waals surface area (Å²) in [4.78, 5) is 0. The quantitative estimate of drug-likeness (QED) is 0.415. The van der Waals surface area contributed by atoms with Crippen LogP contribution >= 0.6 is 0 Å².